The average molecular weight is 332 g/mol. The molecule has 0 saturated heterocycles. The number of nitro groups is 1. The zero-order valence-corrected chi connectivity index (χ0v) is 13.4. The van der Waals surface area contributed by atoms with Gasteiger partial charge in [-0.2, -0.15) is 0 Å². The molecular weight excluding hydrogens is 312 g/mol. The number of anilines is 1. The van der Waals surface area contributed by atoms with E-state index in [4.69, 9.17) is 5.11 Å². The van der Waals surface area contributed by atoms with Crippen LogP contribution in [0, 0.1) is 16.0 Å². The third-order valence-electron chi connectivity index (χ3n) is 4.15. The van der Waals surface area contributed by atoms with E-state index in [0.29, 0.717) is 12.1 Å². The Balaban J connectivity index is 2.56. The Kier molecular flexibility index (Phi) is 5.16. The second-order valence-corrected chi connectivity index (χ2v) is 5.66. The van der Waals surface area contributed by atoms with E-state index in [9.17, 15) is 20.0 Å². The lowest BCUT2D eigenvalue weighted by atomic mass is 9.82. The molecule has 0 spiro atoms. The number of carbonyl (C=O) groups excluding carboxylic acids is 1. The summed E-state index contributed by atoms with van der Waals surface area (Å²) in [5.41, 5.74) is -1.43. The van der Waals surface area contributed by atoms with Crippen molar-refractivity contribution in [2.75, 3.05) is 18.1 Å². The highest BCUT2D eigenvalue weighted by Gasteiger charge is 2.52. The van der Waals surface area contributed by atoms with Crippen molar-refractivity contribution in [3.8, 4) is 0 Å². The van der Waals surface area contributed by atoms with Crippen LogP contribution in [0.15, 0.2) is 43.0 Å². The number of aliphatic hydroxyl groups excluding tert-OH is 1. The summed E-state index contributed by atoms with van der Waals surface area (Å²) in [5, 5.41) is 31.0. The maximum atomic E-state index is 12.8. The van der Waals surface area contributed by atoms with Gasteiger partial charge in [-0.15, -0.1) is 6.58 Å². The Morgan fingerprint density at radius 1 is 1.50 bits per heavy atom. The van der Waals surface area contributed by atoms with E-state index in [2.05, 4.69) is 6.58 Å². The normalized spacial score (nSPS) is 21.1. The van der Waals surface area contributed by atoms with Crippen molar-refractivity contribution in [2.45, 2.75) is 18.9 Å². The summed E-state index contributed by atoms with van der Waals surface area (Å²) in [6.07, 6.45) is 5.23. The molecule has 7 heteroatoms. The summed E-state index contributed by atoms with van der Waals surface area (Å²) in [6, 6.07) is 4.02. The fourth-order valence-corrected chi connectivity index (χ4v) is 2.87. The number of benzene rings is 1. The average Bonchev–Trinajstić information content (AvgIpc) is 2.78. The highest BCUT2D eigenvalue weighted by atomic mass is 16.6. The maximum absolute atomic E-state index is 12.8. The van der Waals surface area contributed by atoms with Gasteiger partial charge in [0, 0.05) is 36.8 Å². The molecule has 2 N–H and O–H groups in total. The standard InChI is InChI=1S/C17H20N2O5/c1-3-9-18-15-8-7-13(19(23)24)11-14(15)17(22,16(18)21)12(2)6-4-5-10-20/h3-4,6-8,11-12,20,22H,1,5,9-10H2,2H3/b6-4+/t12-,17+/m0/s1. The van der Waals surface area contributed by atoms with Crippen molar-refractivity contribution in [3.05, 3.63) is 58.7 Å². The largest absolute Gasteiger partial charge is 0.396 e. The number of non-ortho nitro benzene ring substituents is 1. The molecule has 0 bridgehead atoms. The fraction of sp³-hybridized carbons (Fsp3) is 0.353. The lowest BCUT2D eigenvalue weighted by Gasteiger charge is -2.27. The lowest BCUT2D eigenvalue weighted by molar-refractivity contribution is -0.385. The highest BCUT2D eigenvalue weighted by Crippen LogP contribution is 2.46. The van der Waals surface area contributed by atoms with E-state index in [1.54, 1.807) is 19.1 Å². The molecule has 1 aliphatic rings. The van der Waals surface area contributed by atoms with Crippen LogP contribution < -0.4 is 4.90 Å². The van der Waals surface area contributed by atoms with Gasteiger partial charge in [-0.1, -0.05) is 25.2 Å². The van der Waals surface area contributed by atoms with Crippen molar-refractivity contribution in [1.82, 2.24) is 0 Å². The molecule has 0 aromatic heterocycles. The summed E-state index contributed by atoms with van der Waals surface area (Å²) < 4.78 is 0. The van der Waals surface area contributed by atoms with Crippen molar-refractivity contribution >= 4 is 17.3 Å². The van der Waals surface area contributed by atoms with E-state index >= 15 is 0 Å². The van der Waals surface area contributed by atoms with Crippen LogP contribution in [0.5, 0.6) is 0 Å². The third-order valence-corrected chi connectivity index (χ3v) is 4.15. The number of rotatable bonds is 7. The van der Waals surface area contributed by atoms with Crippen LogP contribution in [0.2, 0.25) is 0 Å². The topological polar surface area (TPSA) is 104 Å². The van der Waals surface area contributed by atoms with Crippen LogP contribution >= 0.6 is 0 Å². The highest BCUT2D eigenvalue weighted by molar-refractivity contribution is 6.07. The molecule has 24 heavy (non-hydrogen) atoms. The van der Waals surface area contributed by atoms with E-state index in [1.807, 2.05) is 0 Å². The monoisotopic (exact) mass is 332 g/mol. The van der Waals surface area contributed by atoms with Crippen molar-refractivity contribution in [1.29, 1.82) is 0 Å². The molecule has 0 aliphatic carbocycles. The molecule has 1 aliphatic heterocycles. The van der Waals surface area contributed by atoms with Crippen LogP contribution in [0.4, 0.5) is 11.4 Å². The van der Waals surface area contributed by atoms with Gasteiger partial charge >= 0.3 is 0 Å². The zero-order chi connectivity index (χ0) is 17.9. The molecule has 0 unspecified atom stereocenters. The van der Waals surface area contributed by atoms with Crippen molar-refractivity contribution in [3.63, 3.8) is 0 Å². The molecule has 0 fully saturated rings. The second kappa shape index (κ2) is 6.94. The lowest BCUT2D eigenvalue weighted by Crippen LogP contribution is -2.44. The zero-order valence-electron chi connectivity index (χ0n) is 13.4. The quantitative estimate of drug-likeness (QED) is 0.451. The Morgan fingerprint density at radius 3 is 2.79 bits per heavy atom. The van der Waals surface area contributed by atoms with Gasteiger partial charge in [-0.3, -0.25) is 14.9 Å². The van der Waals surface area contributed by atoms with Crippen LogP contribution in [0.3, 0.4) is 0 Å². The molecule has 1 amide bonds. The minimum Gasteiger partial charge on any atom is -0.396 e. The first kappa shape index (κ1) is 17.8. The number of aliphatic hydroxyl groups is 2. The van der Waals surface area contributed by atoms with Crippen LogP contribution in [-0.4, -0.2) is 34.2 Å². The van der Waals surface area contributed by atoms with Gasteiger partial charge in [0.05, 0.1) is 10.6 Å². The number of fused-ring (bicyclic) bond motifs is 1. The Labute approximate surface area is 139 Å². The first-order valence-corrected chi connectivity index (χ1v) is 7.59. The van der Waals surface area contributed by atoms with Crippen LogP contribution in [0.25, 0.3) is 0 Å². The van der Waals surface area contributed by atoms with Gasteiger partial charge in [-0.05, 0) is 12.5 Å². The second-order valence-electron chi connectivity index (χ2n) is 5.66. The molecule has 7 nitrogen and oxygen atoms in total. The van der Waals surface area contributed by atoms with Crippen molar-refractivity contribution < 1.29 is 19.9 Å². The van der Waals surface area contributed by atoms with Gasteiger partial charge in [-0.25, -0.2) is 0 Å². The molecule has 2 atom stereocenters. The van der Waals surface area contributed by atoms with Gasteiger partial charge < -0.3 is 15.1 Å². The molecule has 0 radical (unpaired) electrons. The fourth-order valence-electron chi connectivity index (χ4n) is 2.87. The Morgan fingerprint density at radius 2 is 2.21 bits per heavy atom. The van der Waals surface area contributed by atoms with Gasteiger partial charge in [0.15, 0.2) is 5.60 Å². The Hall–Kier alpha value is -2.51. The number of amides is 1. The van der Waals surface area contributed by atoms with E-state index in [1.165, 1.54) is 29.2 Å². The summed E-state index contributed by atoms with van der Waals surface area (Å²) >= 11 is 0. The van der Waals surface area contributed by atoms with Gasteiger partial charge in [0.2, 0.25) is 0 Å². The first-order valence-electron chi connectivity index (χ1n) is 7.59. The van der Waals surface area contributed by atoms with E-state index in [-0.39, 0.29) is 24.4 Å². The molecule has 1 heterocycles. The minimum absolute atomic E-state index is 0.0414. The maximum Gasteiger partial charge on any atom is 0.269 e. The van der Waals surface area contributed by atoms with Crippen LogP contribution in [0.1, 0.15) is 18.9 Å². The molecular formula is C17H20N2O5. The van der Waals surface area contributed by atoms with Gasteiger partial charge in [0.1, 0.15) is 0 Å². The number of hydrogen-bond donors (Lipinski definition) is 2. The number of nitro benzene ring substituents is 1. The number of carbonyl (C=O) groups is 1. The minimum atomic E-state index is -1.89. The SMILES string of the molecule is C=CCN1C(=O)[C@@](O)([C@@H](C)/C=C/CCO)c2cc([N+](=O)[O-])ccc21. The number of nitrogens with zero attached hydrogens (tertiary/aromatic N) is 2. The van der Waals surface area contributed by atoms with E-state index in [0.717, 1.165) is 0 Å². The molecule has 1 aromatic rings. The predicted molar refractivity (Wildman–Crippen MR) is 89.6 cm³/mol. The van der Waals surface area contributed by atoms with Gasteiger partial charge in [0.25, 0.3) is 11.6 Å². The predicted octanol–water partition coefficient (Wildman–Crippen LogP) is 1.89. The molecule has 128 valence electrons. The first-order chi connectivity index (χ1) is 11.4. The third kappa shape index (κ3) is 2.83. The molecule has 1 aromatic carbocycles. The molecule has 0 saturated carbocycles. The number of hydrogen-bond acceptors (Lipinski definition) is 5. The summed E-state index contributed by atoms with van der Waals surface area (Å²) in [7, 11) is 0. The van der Waals surface area contributed by atoms with Crippen molar-refractivity contribution in [2.24, 2.45) is 5.92 Å². The van der Waals surface area contributed by atoms with Crippen LogP contribution in [-0.2, 0) is 10.4 Å². The summed E-state index contributed by atoms with van der Waals surface area (Å²) in [5.74, 6) is -1.16. The summed E-state index contributed by atoms with van der Waals surface area (Å²) in [4.78, 5) is 24.7. The van der Waals surface area contributed by atoms with E-state index < -0.39 is 22.3 Å². The summed E-state index contributed by atoms with van der Waals surface area (Å²) in [6.45, 7) is 5.42. The smallest absolute Gasteiger partial charge is 0.269 e. The molecule has 2 rings (SSSR count). The Bertz CT molecular complexity index is 700.